The number of nitrogens with zero attached hydrogens (tertiary/aromatic N) is 1. The van der Waals surface area contributed by atoms with E-state index in [0.29, 0.717) is 5.76 Å². The predicted molar refractivity (Wildman–Crippen MR) is 120 cm³/mol. The average Bonchev–Trinajstić information content (AvgIpc) is 3.45. The van der Waals surface area contributed by atoms with Crippen LogP contribution < -0.4 is 10.6 Å². The lowest BCUT2D eigenvalue weighted by Gasteiger charge is -2.11. The third-order valence-corrected chi connectivity index (χ3v) is 5.07. The van der Waals surface area contributed by atoms with Gasteiger partial charge in [-0.3, -0.25) is 9.59 Å². The van der Waals surface area contributed by atoms with Crippen LogP contribution >= 0.6 is 0 Å². The van der Waals surface area contributed by atoms with Crippen LogP contribution in [0.3, 0.4) is 0 Å². The van der Waals surface area contributed by atoms with Gasteiger partial charge in [0.2, 0.25) is 0 Å². The van der Waals surface area contributed by atoms with E-state index in [2.05, 4.69) is 15.2 Å². The minimum atomic E-state index is -0.707. The van der Waals surface area contributed by atoms with Gasteiger partial charge in [0, 0.05) is 29.2 Å². The minimum Gasteiger partial charge on any atom is -0.467 e. The largest absolute Gasteiger partial charge is 0.467 e. The van der Waals surface area contributed by atoms with Gasteiger partial charge in [0.25, 0.3) is 11.8 Å². The molecule has 6 nitrogen and oxygen atoms in total. The molecule has 0 saturated heterocycles. The van der Waals surface area contributed by atoms with E-state index >= 15 is 0 Å². The number of rotatable bonds is 7. The summed E-state index contributed by atoms with van der Waals surface area (Å²) in [4.78, 5) is 25.7. The fourth-order valence-electron chi connectivity index (χ4n) is 3.48. The van der Waals surface area contributed by atoms with Crippen molar-refractivity contribution in [2.45, 2.75) is 20.0 Å². The summed E-state index contributed by atoms with van der Waals surface area (Å²) in [6.45, 7) is 2.92. The zero-order chi connectivity index (χ0) is 22.5. The first-order chi connectivity index (χ1) is 15.6. The third-order valence-electron chi connectivity index (χ3n) is 5.07. The lowest BCUT2D eigenvalue weighted by atomic mass is 10.1. The van der Waals surface area contributed by atoms with Gasteiger partial charge in [-0.1, -0.05) is 30.3 Å². The van der Waals surface area contributed by atoms with Gasteiger partial charge in [-0.25, -0.2) is 4.39 Å². The number of hydrogen-bond donors (Lipinski definition) is 2. The van der Waals surface area contributed by atoms with Gasteiger partial charge in [0.15, 0.2) is 0 Å². The van der Waals surface area contributed by atoms with Crippen molar-refractivity contribution in [2.75, 3.05) is 0 Å². The zero-order valence-corrected chi connectivity index (χ0v) is 17.5. The van der Waals surface area contributed by atoms with E-state index in [-0.39, 0.29) is 17.8 Å². The summed E-state index contributed by atoms with van der Waals surface area (Å²) in [7, 11) is 0. The molecule has 0 fully saturated rings. The van der Waals surface area contributed by atoms with E-state index in [1.165, 1.54) is 24.5 Å². The van der Waals surface area contributed by atoms with Crippen LogP contribution in [0.5, 0.6) is 0 Å². The lowest BCUT2D eigenvalue weighted by molar-refractivity contribution is -0.118. The van der Waals surface area contributed by atoms with Crippen LogP contribution in [0, 0.1) is 5.82 Å². The van der Waals surface area contributed by atoms with Crippen LogP contribution in [-0.2, 0) is 17.9 Å². The predicted octanol–water partition coefficient (Wildman–Crippen LogP) is 4.48. The monoisotopic (exact) mass is 431 g/mol. The Morgan fingerprint density at radius 3 is 2.59 bits per heavy atom. The number of fused-ring (bicyclic) bond motifs is 1. The Balaban J connectivity index is 1.69. The van der Waals surface area contributed by atoms with E-state index in [0.717, 1.165) is 23.0 Å². The first-order valence-corrected chi connectivity index (χ1v) is 10.2. The highest BCUT2D eigenvalue weighted by molar-refractivity contribution is 6.06. The van der Waals surface area contributed by atoms with E-state index in [9.17, 15) is 14.0 Å². The number of halogens is 1. The molecule has 0 spiro atoms. The third kappa shape index (κ3) is 4.46. The molecule has 0 aliphatic carbocycles. The molecule has 0 saturated carbocycles. The van der Waals surface area contributed by atoms with Crippen LogP contribution in [0.2, 0.25) is 0 Å². The number of benzene rings is 2. The molecular formula is C25H22FN3O3. The highest BCUT2D eigenvalue weighted by Crippen LogP contribution is 2.23. The summed E-state index contributed by atoms with van der Waals surface area (Å²) in [6, 6.07) is 16.9. The number of furan rings is 1. The van der Waals surface area contributed by atoms with Crippen LogP contribution in [0.4, 0.5) is 4.39 Å². The Morgan fingerprint density at radius 1 is 1.06 bits per heavy atom. The SMILES string of the molecule is CCn1cc(C=C(NC(=O)c2ccccc2F)C(=O)NCc2ccco2)c2ccccc21. The Hall–Kier alpha value is -4.13. The minimum absolute atomic E-state index is 0.00353. The summed E-state index contributed by atoms with van der Waals surface area (Å²) in [5, 5.41) is 6.24. The van der Waals surface area contributed by atoms with Crippen LogP contribution in [-0.4, -0.2) is 16.4 Å². The Bertz CT molecular complexity index is 1290. The Kier molecular flexibility index (Phi) is 6.17. The smallest absolute Gasteiger partial charge is 0.268 e. The molecule has 0 bridgehead atoms. The zero-order valence-electron chi connectivity index (χ0n) is 17.5. The van der Waals surface area contributed by atoms with Crippen molar-refractivity contribution < 1.29 is 18.4 Å². The number of carbonyl (C=O) groups is 2. The van der Waals surface area contributed by atoms with Gasteiger partial charge in [-0.05, 0) is 43.3 Å². The molecule has 2 aromatic carbocycles. The first kappa shape index (κ1) is 21.1. The molecular weight excluding hydrogens is 409 g/mol. The average molecular weight is 431 g/mol. The van der Waals surface area contributed by atoms with Crippen molar-refractivity contribution in [3.05, 3.63) is 102 Å². The van der Waals surface area contributed by atoms with Gasteiger partial charge >= 0.3 is 0 Å². The van der Waals surface area contributed by atoms with Gasteiger partial charge in [0.05, 0.1) is 18.4 Å². The van der Waals surface area contributed by atoms with Crippen molar-refractivity contribution in [3.63, 3.8) is 0 Å². The second kappa shape index (κ2) is 9.34. The van der Waals surface area contributed by atoms with Gasteiger partial charge < -0.3 is 19.6 Å². The molecule has 0 aliphatic rings. The van der Waals surface area contributed by atoms with Crippen molar-refractivity contribution in [1.29, 1.82) is 0 Å². The molecule has 2 amide bonds. The van der Waals surface area contributed by atoms with Crippen molar-refractivity contribution in [2.24, 2.45) is 0 Å². The standard InChI is InChI=1S/C25H22FN3O3/c1-2-29-16-17(19-9-4-6-12-23(19)29)14-22(25(31)27-15-18-8-7-13-32-18)28-24(30)20-10-3-5-11-21(20)26/h3-14,16H,2,15H2,1H3,(H,27,31)(H,28,30). The van der Waals surface area contributed by atoms with Crippen molar-refractivity contribution in [1.82, 2.24) is 15.2 Å². The fraction of sp³-hybridized carbons (Fsp3) is 0.120. The maximum absolute atomic E-state index is 14.1. The second-order valence-corrected chi connectivity index (χ2v) is 7.14. The van der Waals surface area contributed by atoms with Crippen LogP contribution in [0.1, 0.15) is 28.6 Å². The van der Waals surface area contributed by atoms with Crippen molar-refractivity contribution in [3.8, 4) is 0 Å². The summed E-state index contributed by atoms with van der Waals surface area (Å²) < 4.78 is 21.4. The lowest BCUT2D eigenvalue weighted by Crippen LogP contribution is -2.34. The maximum atomic E-state index is 14.1. The topological polar surface area (TPSA) is 76.3 Å². The summed E-state index contributed by atoms with van der Waals surface area (Å²) in [6.07, 6.45) is 5.03. The molecule has 4 rings (SSSR count). The molecule has 7 heteroatoms. The Labute approximate surface area is 184 Å². The highest BCUT2D eigenvalue weighted by atomic mass is 19.1. The maximum Gasteiger partial charge on any atom is 0.268 e. The number of aryl methyl sites for hydroxylation is 1. The molecule has 0 unspecified atom stereocenters. The molecule has 0 radical (unpaired) electrons. The van der Waals surface area contributed by atoms with E-state index < -0.39 is 17.6 Å². The van der Waals surface area contributed by atoms with Crippen LogP contribution in [0.25, 0.3) is 17.0 Å². The summed E-state index contributed by atoms with van der Waals surface area (Å²) in [5.74, 6) is -1.32. The second-order valence-electron chi connectivity index (χ2n) is 7.14. The first-order valence-electron chi connectivity index (χ1n) is 10.2. The number of hydrogen-bond acceptors (Lipinski definition) is 3. The molecule has 4 aromatic rings. The van der Waals surface area contributed by atoms with E-state index in [4.69, 9.17) is 4.42 Å². The molecule has 0 aliphatic heterocycles. The van der Waals surface area contributed by atoms with Gasteiger partial charge in [-0.15, -0.1) is 0 Å². The molecule has 2 N–H and O–H groups in total. The van der Waals surface area contributed by atoms with E-state index in [1.54, 1.807) is 24.3 Å². The number of nitrogens with one attached hydrogen (secondary N) is 2. The number of aromatic nitrogens is 1. The molecule has 2 heterocycles. The van der Waals surface area contributed by atoms with Gasteiger partial charge in [0.1, 0.15) is 17.3 Å². The number of para-hydroxylation sites is 1. The quantitative estimate of drug-likeness (QED) is 0.424. The Morgan fingerprint density at radius 2 is 1.84 bits per heavy atom. The normalized spacial score (nSPS) is 11.5. The highest BCUT2D eigenvalue weighted by Gasteiger charge is 2.18. The molecule has 2 aromatic heterocycles. The summed E-state index contributed by atoms with van der Waals surface area (Å²) in [5.41, 5.74) is 1.63. The molecule has 162 valence electrons. The number of carbonyl (C=O) groups excluding carboxylic acids is 2. The molecule has 0 atom stereocenters. The van der Waals surface area contributed by atoms with Gasteiger partial charge in [-0.2, -0.15) is 0 Å². The van der Waals surface area contributed by atoms with E-state index in [1.807, 2.05) is 37.4 Å². The van der Waals surface area contributed by atoms with Crippen molar-refractivity contribution >= 4 is 28.8 Å². The fourth-order valence-corrected chi connectivity index (χ4v) is 3.48. The molecule has 32 heavy (non-hydrogen) atoms. The van der Waals surface area contributed by atoms with Crippen LogP contribution in [0.15, 0.2) is 83.2 Å². The number of amides is 2. The summed E-state index contributed by atoms with van der Waals surface area (Å²) >= 11 is 0.